The molecule has 0 spiro atoms. The van der Waals surface area contributed by atoms with E-state index in [4.69, 9.17) is 23.2 Å². The van der Waals surface area contributed by atoms with Crippen molar-refractivity contribution >= 4 is 46.3 Å². The Bertz CT molecular complexity index is 934. The molecule has 0 unspecified atom stereocenters. The molecule has 0 bridgehead atoms. The van der Waals surface area contributed by atoms with Crippen molar-refractivity contribution in [2.75, 3.05) is 10.6 Å². The first-order valence-corrected chi connectivity index (χ1v) is 8.02. The SMILES string of the molecule is O=C(Nc1cccc(F)c1)c1cccnc1Nc1ccc(Cl)c(Cl)c1. The Morgan fingerprint density at radius 1 is 0.960 bits per heavy atom. The molecule has 1 aromatic heterocycles. The summed E-state index contributed by atoms with van der Waals surface area (Å²) < 4.78 is 13.3. The van der Waals surface area contributed by atoms with Crippen molar-refractivity contribution in [3.05, 3.63) is 82.2 Å². The van der Waals surface area contributed by atoms with Gasteiger partial charge in [-0.15, -0.1) is 0 Å². The summed E-state index contributed by atoms with van der Waals surface area (Å²) in [5, 5.41) is 6.48. The van der Waals surface area contributed by atoms with E-state index in [-0.39, 0.29) is 0 Å². The fourth-order valence-electron chi connectivity index (χ4n) is 2.16. The van der Waals surface area contributed by atoms with Gasteiger partial charge in [-0.1, -0.05) is 29.3 Å². The van der Waals surface area contributed by atoms with E-state index >= 15 is 0 Å². The number of aromatic nitrogens is 1. The predicted octanol–water partition coefficient (Wildman–Crippen LogP) is 5.52. The van der Waals surface area contributed by atoms with Crippen LogP contribution in [0.5, 0.6) is 0 Å². The average Bonchev–Trinajstić information content (AvgIpc) is 2.58. The van der Waals surface area contributed by atoms with Crippen LogP contribution in [0.15, 0.2) is 60.8 Å². The third-order valence-corrected chi connectivity index (χ3v) is 4.06. The first kappa shape index (κ1) is 17.2. The van der Waals surface area contributed by atoms with Gasteiger partial charge in [0.05, 0.1) is 15.6 Å². The van der Waals surface area contributed by atoms with Crippen LogP contribution in [0.4, 0.5) is 21.6 Å². The van der Waals surface area contributed by atoms with Crippen molar-refractivity contribution in [1.82, 2.24) is 4.98 Å². The second-order valence-electron chi connectivity index (χ2n) is 5.12. The third-order valence-electron chi connectivity index (χ3n) is 3.32. The Balaban J connectivity index is 1.85. The molecule has 4 nitrogen and oxygen atoms in total. The standard InChI is InChI=1S/C18H12Cl2FN3O/c19-15-7-6-13(10-16(15)20)23-17-14(5-2-8-22-17)18(25)24-12-4-1-3-11(21)9-12/h1-10H,(H,22,23)(H,24,25). The van der Waals surface area contributed by atoms with Gasteiger partial charge in [-0.2, -0.15) is 0 Å². The summed E-state index contributed by atoms with van der Waals surface area (Å²) in [6.45, 7) is 0. The van der Waals surface area contributed by atoms with Crippen LogP contribution in [0, 0.1) is 5.82 Å². The van der Waals surface area contributed by atoms with E-state index in [1.807, 2.05) is 0 Å². The van der Waals surface area contributed by atoms with Gasteiger partial charge in [0.15, 0.2) is 0 Å². The topological polar surface area (TPSA) is 54.0 Å². The Labute approximate surface area is 153 Å². The highest BCUT2D eigenvalue weighted by molar-refractivity contribution is 6.42. The number of benzene rings is 2. The molecular formula is C18H12Cl2FN3O. The van der Waals surface area contributed by atoms with Gasteiger partial charge in [-0.05, 0) is 48.5 Å². The predicted molar refractivity (Wildman–Crippen MR) is 98.3 cm³/mol. The molecule has 1 amide bonds. The van der Waals surface area contributed by atoms with Crippen molar-refractivity contribution in [2.24, 2.45) is 0 Å². The van der Waals surface area contributed by atoms with Crippen LogP contribution in [0.1, 0.15) is 10.4 Å². The summed E-state index contributed by atoms with van der Waals surface area (Å²) in [5.74, 6) is -0.505. The summed E-state index contributed by atoms with van der Waals surface area (Å²) in [4.78, 5) is 16.7. The number of nitrogens with one attached hydrogen (secondary N) is 2. The molecule has 0 saturated heterocycles. The largest absolute Gasteiger partial charge is 0.340 e. The van der Waals surface area contributed by atoms with Crippen LogP contribution in [-0.2, 0) is 0 Å². The van der Waals surface area contributed by atoms with E-state index < -0.39 is 11.7 Å². The van der Waals surface area contributed by atoms with Gasteiger partial charge in [-0.3, -0.25) is 4.79 Å². The van der Waals surface area contributed by atoms with E-state index in [1.54, 1.807) is 42.6 Å². The van der Waals surface area contributed by atoms with Crippen molar-refractivity contribution in [1.29, 1.82) is 0 Å². The minimum atomic E-state index is -0.432. The monoisotopic (exact) mass is 375 g/mol. The zero-order chi connectivity index (χ0) is 17.8. The molecule has 0 radical (unpaired) electrons. The molecule has 0 fully saturated rings. The van der Waals surface area contributed by atoms with Crippen LogP contribution in [0.2, 0.25) is 10.0 Å². The highest BCUT2D eigenvalue weighted by Gasteiger charge is 2.13. The summed E-state index contributed by atoms with van der Waals surface area (Å²) >= 11 is 11.9. The molecule has 2 aromatic carbocycles. The Morgan fingerprint density at radius 3 is 2.56 bits per heavy atom. The normalized spacial score (nSPS) is 10.4. The third kappa shape index (κ3) is 4.26. The van der Waals surface area contributed by atoms with Gasteiger partial charge < -0.3 is 10.6 Å². The van der Waals surface area contributed by atoms with E-state index in [0.29, 0.717) is 32.8 Å². The fourth-order valence-corrected chi connectivity index (χ4v) is 2.46. The van der Waals surface area contributed by atoms with E-state index in [0.717, 1.165) is 0 Å². The highest BCUT2D eigenvalue weighted by atomic mass is 35.5. The van der Waals surface area contributed by atoms with Gasteiger partial charge in [0.25, 0.3) is 5.91 Å². The molecule has 2 N–H and O–H groups in total. The Hall–Kier alpha value is -2.63. The highest BCUT2D eigenvalue weighted by Crippen LogP contribution is 2.27. The van der Waals surface area contributed by atoms with Crippen molar-refractivity contribution in [3.63, 3.8) is 0 Å². The molecule has 0 saturated carbocycles. The van der Waals surface area contributed by atoms with Crippen LogP contribution >= 0.6 is 23.2 Å². The number of anilines is 3. The summed E-state index contributed by atoms with van der Waals surface area (Å²) in [6.07, 6.45) is 1.55. The zero-order valence-electron chi connectivity index (χ0n) is 12.8. The number of pyridine rings is 1. The smallest absolute Gasteiger partial charge is 0.259 e. The molecular weight excluding hydrogens is 364 g/mol. The van der Waals surface area contributed by atoms with Crippen LogP contribution < -0.4 is 10.6 Å². The second kappa shape index (κ2) is 7.51. The summed E-state index contributed by atoms with van der Waals surface area (Å²) in [5.41, 5.74) is 1.29. The lowest BCUT2D eigenvalue weighted by atomic mass is 10.2. The molecule has 25 heavy (non-hydrogen) atoms. The van der Waals surface area contributed by atoms with E-state index in [2.05, 4.69) is 15.6 Å². The molecule has 7 heteroatoms. The van der Waals surface area contributed by atoms with Crippen molar-refractivity contribution < 1.29 is 9.18 Å². The molecule has 0 aliphatic carbocycles. The molecule has 3 aromatic rings. The van der Waals surface area contributed by atoms with Crippen LogP contribution in [-0.4, -0.2) is 10.9 Å². The quantitative estimate of drug-likeness (QED) is 0.630. The average molecular weight is 376 g/mol. The maximum atomic E-state index is 13.3. The summed E-state index contributed by atoms with van der Waals surface area (Å²) in [6, 6.07) is 13.9. The lowest BCUT2D eigenvalue weighted by molar-refractivity contribution is 0.102. The molecule has 126 valence electrons. The lowest BCUT2D eigenvalue weighted by Gasteiger charge is -2.12. The summed E-state index contributed by atoms with van der Waals surface area (Å²) in [7, 11) is 0. The number of hydrogen-bond donors (Lipinski definition) is 2. The van der Waals surface area contributed by atoms with E-state index in [1.165, 1.54) is 18.2 Å². The van der Waals surface area contributed by atoms with Gasteiger partial charge >= 0.3 is 0 Å². The first-order valence-electron chi connectivity index (χ1n) is 7.27. The van der Waals surface area contributed by atoms with Gasteiger partial charge in [0, 0.05) is 17.6 Å². The Kier molecular flexibility index (Phi) is 5.16. The minimum absolute atomic E-state index is 0.304. The van der Waals surface area contributed by atoms with Gasteiger partial charge in [0.2, 0.25) is 0 Å². The fraction of sp³-hybridized carbons (Fsp3) is 0. The maximum Gasteiger partial charge on any atom is 0.259 e. The Morgan fingerprint density at radius 2 is 1.80 bits per heavy atom. The number of nitrogens with zero attached hydrogens (tertiary/aromatic N) is 1. The second-order valence-corrected chi connectivity index (χ2v) is 5.93. The molecule has 0 aliphatic heterocycles. The number of rotatable bonds is 4. The van der Waals surface area contributed by atoms with E-state index in [9.17, 15) is 9.18 Å². The number of hydrogen-bond acceptors (Lipinski definition) is 3. The van der Waals surface area contributed by atoms with Crippen LogP contribution in [0.25, 0.3) is 0 Å². The number of carbonyl (C=O) groups excluding carboxylic acids is 1. The minimum Gasteiger partial charge on any atom is -0.340 e. The lowest BCUT2D eigenvalue weighted by Crippen LogP contribution is -2.14. The molecule has 3 rings (SSSR count). The maximum absolute atomic E-state index is 13.3. The van der Waals surface area contributed by atoms with Crippen LogP contribution in [0.3, 0.4) is 0 Å². The van der Waals surface area contributed by atoms with Gasteiger partial charge in [-0.25, -0.2) is 9.37 Å². The van der Waals surface area contributed by atoms with Crippen molar-refractivity contribution in [3.8, 4) is 0 Å². The molecule has 1 heterocycles. The number of amides is 1. The molecule has 0 aliphatic rings. The first-order chi connectivity index (χ1) is 12.0. The zero-order valence-corrected chi connectivity index (χ0v) is 14.3. The van der Waals surface area contributed by atoms with Gasteiger partial charge in [0.1, 0.15) is 11.6 Å². The van der Waals surface area contributed by atoms with Crippen molar-refractivity contribution in [2.45, 2.75) is 0 Å². The number of carbonyl (C=O) groups is 1. The molecule has 0 atom stereocenters. The number of halogens is 3.